The lowest BCUT2D eigenvalue weighted by Gasteiger charge is -2.35. The summed E-state index contributed by atoms with van der Waals surface area (Å²) in [5.74, 6) is -2.54. The van der Waals surface area contributed by atoms with E-state index in [-0.39, 0.29) is 31.0 Å². The Kier molecular flexibility index (Phi) is 3.75. The quantitative estimate of drug-likeness (QED) is 0.810. The first-order chi connectivity index (χ1) is 9.04. The highest BCUT2D eigenvalue weighted by atomic mass is 19.1. The molecule has 0 aromatic heterocycles. The van der Waals surface area contributed by atoms with Crippen molar-refractivity contribution >= 4 is 17.9 Å². The molecule has 2 N–H and O–H groups in total. The Labute approximate surface area is 107 Å². The summed E-state index contributed by atoms with van der Waals surface area (Å²) in [6.07, 6.45) is 0.348. The molecule has 19 heavy (non-hydrogen) atoms. The molecule has 7 heteroatoms. The monoisotopic (exact) mass is 270 g/mol. The van der Waals surface area contributed by atoms with Gasteiger partial charge in [0.2, 0.25) is 5.91 Å². The fourth-order valence-electron chi connectivity index (χ4n) is 2.03. The van der Waals surface area contributed by atoms with Crippen LogP contribution >= 0.6 is 0 Å². The fraction of sp³-hybridized carbons (Fsp3) is 0.333. The van der Waals surface area contributed by atoms with Crippen molar-refractivity contribution in [1.82, 2.24) is 0 Å². The minimum atomic E-state index is -0.931. The van der Waals surface area contributed by atoms with Crippen LogP contribution in [-0.2, 0) is 9.53 Å². The topological polar surface area (TPSA) is 72.6 Å². The predicted octanol–water partition coefficient (Wildman–Crippen LogP) is 0.468. The van der Waals surface area contributed by atoms with Crippen LogP contribution in [0, 0.1) is 11.6 Å². The molecule has 1 heterocycles. The van der Waals surface area contributed by atoms with Gasteiger partial charge in [0.15, 0.2) is 0 Å². The van der Waals surface area contributed by atoms with Gasteiger partial charge in [-0.05, 0) is 12.1 Å². The van der Waals surface area contributed by atoms with Crippen molar-refractivity contribution in [2.75, 3.05) is 24.7 Å². The molecule has 0 spiro atoms. The number of benzene rings is 1. The number of anilines is 1. The maximum atomic E-state index is 13.9. The predicted molar refractivity (Wildman–Crippen MR) is 62.9 cm³/mol. The van der Waals surface area contributed by atoms with Crippen molar-refractivity contribution in [2.45, 2.75) is 6.04 Å². The third-order valence-corrected chi connectivity index (χ3v) is 2.92. The van der Waals surface area contributed by atoms with Gasteiger partial charge in [0.05, 0.1) is 13.2 Å². The largest absolute Gasteiger partial charge is 0.377 e. The highest BCUT2D eigenvalue weighted by molar-refractivity contribution is 5.84. The molecule has 102 valence electrons. The van der Waals surface area contributed by atoms with E-state index in [2.05, 4.69) is 0 Å². The van der Waals surface area contributed by atoms with Crippen LogP contribution in [-0.4, -0.2) is 38.0 Å². The van der Waals surface area contributed by atoms with Crippen molar-refractivity contribution in [3.8, 4) is 0 Å². The highest BCUT2D eigenvalue weighted by Crippen LogP contribution is 2.27. The molecule has 1 amide bonds. The zero-order valence-corrected chi connectivity index (χ0v) is 9.94. The lowest BCUT2D eigenvalue weighted by Crippen LogP contribution is -2.53. The lowest BCUT2D eigenvalue weighted by molar-refractivity contribution is -0.121. The number of nitrogens with zero attached hydrogens (tertiary/aromatic N) is 1. The number of carbonyl (C=O) groups excluding carboxylic acids is 2. The Morgan fingerprint density at radius 2 is 2.05 bits per heavy atom. The summed E-state index contributed by atoms with van der Waals surface area (Å²) in [7, 11) is 0. The van der Waals surface area contributed by atoms with Gasteiger partial charge in [-0.3, -0.25) is 9.59 Å². The second-order valence-electron chi connectivity index (χ2n) is 4.14. The smallest absolute Gasteiger partial charge is 0.242 e. The summed E-state index contributed by atoms with van der Waals surface area (Å²) in [6, 6.07) is 0.900. The van der Waals surface area contributed by atoms with E-state index >= 15 is 0 Å². The first-order valence-electron chi connectivity index (χ1n) is 5.62. The highest BCUT2D eigenvalue weighted by Gasteiger charge is 2.31. The van der Waals surface area contributed by atoms with Crippen LogP contribution in [0.4, 0.5) is 14.5 Å². The molecule has 1 aliphatic rings. The van der Waals surface area contributed by atoms with Gasteiger partial charge in [0.25, 0.3) is 0 Å². The maximum absolute atomic E-state index is 13.9. The summed E-state index contributed by atoms with van der Waals surface area (Å²) in [4.78, 5) is 23.0. The SMILES string of the molecule is NC(=O)C1COCCN1c1c(F)cc(C=O)cc1F. The second-order valence-corrected chi connectivity index (χ2v) is 4.14. The van der Waals surface area contributed by atoms with Gasteiger partial charge in [0.1, 0.15) is 29.6 Å². The Morgan fingerprint density at radius 3 is 2.58 bits per heavy atom. The van der Waals surface area contributed by atoms with Gasteiger partial charge in [-0.15, -0.1) is 0 Å². The van der Waals surface area contributed by atoms with E-state index in [9.17, 15) is 18.4 Å². The molecule has 1 aromatic carbocycles. The van der Waals surface area contributed by atoms with Crippen LogP contribution in [0.3, 0.4) is 0 Å². The molecule has 1 aliphatic heterocycles. The molecule has 1 atom stereocenters. The molecular weight excluding hydrogens is 258 g/mol. The molecule has 0 radical (unpaired) electrons. The number of halogens is 2. The summed E-state index contributed by atoms with van der Waals surface area (Å²) < 4.78 is 32.8. The Hall–Kier alpha value is -2.02. The molecule has 1 aromatic rings. The van der Waals surface area contributed by atoms with E-state index in [1.807, 2.05) is 0 Å². The number of amides is 1. The normalized spacial score (nSPS) is 19.3. The molecule has 1 unspecified atom stereocenters. The number of primary amides is 1. The third kappa shape index (κ3) is 2.55. The zero-order valence-electron chi connectivity index (χ0n) is 9.94. The van der Waals surface area contributed by atoms with Gasteiger partial charge >= 0.3 is 0 Å². The molecule has 0 aliphatic carbocycles. The van der Waals surface area contributed by atoms with Gasteiger partial charge in [-0.25, -0.2) is 8.78 Å². The number of carbonyl (C=O) groups is 2. The van der Waals surface area contributed by atoms with Crippen LogP contribution in [0.15, 0.2) is 12.1 Å². The van der Waals surface area contributed by atoms with Crippen molar-refractivity contribution in [3.05, 3.63) is 29.3 Å². The third-order valence-electron chi connectivity index (χ3n) is 2.92. The average Bonchev–Trinajstić information content (AvgIpc) is 2.38. The molecule has 2 rings (SSSR count). The first-order valence-corrected chi connectivity index (χ1v) is 5.62. The van der Waals surface area contributed by atoms with Crippen molar-refractivity contribution in [1.29, 1.82) is 0 Å². The Bertz CT molecular complexity index is 499. The number of rotatable bonds is 3. The lowest BCUT2D eigenvalue weighted by atomic mass is 10.1. The van der Waals surface area contributed by atoms with Crippen LogP contribution in [0.2, 0.25) is 0 Å². The molecule has 0 bridgehead atoms. The van der Waals surface area contributed by atoms with E-state index in [1.54, 1.807) is 0 Å². The van der Waals surface area contributed by atoms with Crippen LogP contribution in [0.25, 0.3) is 0 Å². The van der Waals surface area contributed by atoms with Crippen molar-refractivity contribution in [3.63, 3.8) is 0 Å². The van der Waals surface area contributed by atoms with E-state index in [0.717, 1.165) is 12.1 Å². The Morgan fingerprint density at radius 1 is 1.42 bits per heavy atom. The minimum absolute atomic E-state index is 0.0242. The number of nitrogens with two attached hydrogens (primary N) is 1. The van der Waals surface area contributed by atoms with Crippen molar-refractivity contribution < 1.29 is 23.1 Å². The summed E-state index contributed by atoms with van der Waals surface area (Å²) >= 11 is 0. The molecule has 1 fully saturated rings. The van der Waals surface area contributed by atoms with Crippen molar-refractivity contribution in [2.24, 2.45) is 5.73 Å². The van der Waals surface area contributed by atoms with Gasteiger partial charge in [-0.2, -0.15) is 0 Å². The number of morpholine rings is 1. The Balaban J connectivity index is 2.44. The minimum Gasteiger partial charge on any atom is -0.377 e. The van der Waals surface area contributed by atoms with Gasteiger partial charge in [0, 0.05) is 12.1 Å². The second kappa shape index (κ2) is 5.31. The van der Waals surface area contributed by atoms with Crippen LogP contribution in [0.5, 0.6) is 0 Å². The standard InChI is InChI=1S/C12H12F2N2O3/c13-8-3-7(5-17)4-9(14)11(8)16-1-2-19-6-10(16)12(15)18/h3-5,10H,1-2,6H2,(H2,15,18). The average molecular weight is 270 g/mol. The van der Waals surface area contributed by atoms with Crippen LogP contribution < -0.4 is 10.6 Å². The van der Waals surface area contributed by atoms with Gasteiger partial charge < -0.3 is 15.4 Å². The molecular formula is C12H12F2N2O3. The number of ether oxygens (including phenoxy) is 1. The summed E-state index contributed by atoms with van der Waals surface area (Å²) in [5, 5.41) is 0. The fourth-order valence-corrected chi connectivity index (χ4v) is 2.03. The van der Waals surface area contributed by atoms with E-state index in [0.29, 0.717) is 6.29 Å². The maximum Gasteiger partial charge on any atom is 0.242 e. The van der Waals surface area contributed by atoms with E-state index < -0.39 is 23.6 Å². The zero-order chi connectivity index (χ0) is 14.0. The summed E-state index contributed by atoms with van der Waals surface area (Å²) in [5.41, 5.74) is 4.72. The molecule has 1 saturated heterocycles. The molecule has 0 saturated carbocycles. The summed E-state index contributed by atoms with van der Waals surface area (Å²) in [6.45, 7) is 0.351. The van der Waals surface area contributed by atoms with Gasteiger partial charge in [-0.1, -0.05) is 0 Å². The number of aldehydes is 1. The van der Waals surface area contributed by atoms with E-state index in [1.165, 1.54) is 4.90 Å². The van der Waals surface area contributed by atoms with Crippen LogP contribution in [0.1, 0.15) is 10.4 Å². The first kappa shape index (κ1) is 13.4. The number of hydrogen-bond donors (Lipinski definition) is 1. The van der Waals surface area contributed by atoms with E-state index in [4.69, 9.17) is 10.5 Å². The molecule has 5 nitrogen and oxygen atoms in total. The number of hydrogen-bond acceptors (Lipinski definition) is 4.